The van der Waals surface area contributed by atoms with Crippen molar-refractivity contribution in [2.24, 2.45) is 11.3 Å². The Hall–Kier alpha value is -1.04. The van der Waals surface area contributed by atoms with Gasteiger partial charge in [-0.1, -0.05) is 26.2 Å². The first-order chi connectivity index (χ1) is 7.71. The van der Waals surface area contributed by atoms with E-state index in [0.717, 1.165) is 25.7 Å². The van der Waals surface area contributed by atoms with Gasteiger partial charge in [-0.25, -0.2) is 0 Å². The van der Waals surface area contributed by atoms with E-state index in [1.807, 2.05) is 6.92 Å². The van der Waals surface area contributed by atoms with Crippen molar-refractivity contribution in [1.82, 2.24) is 0 Å². The van der Waals surface area contributed by atoms with Crippen molar-refractivity contribution in [1.29, 1.82) is 5.26 Å². The molecule has 3 heteroatoms. The number of rotatable bonds is 4. The molecule has 0 aliphatic heterocycles. The van der Waals surface area contributed by atoms with E-state index in [1.54, 1.807) is 6.92 Å². The van der Waals surface area contributed by atoms with E-state index in [4.69, 9.17) is 4.74 Å². The normalized spacial score (nSPS) is 20.8. The molecule has 1 unspecified atom stereocenters. The molecule has 3 nitrogen and oxygen atoms in total. The standard InChI is InChI=1S/C13H21NO2/c1-3-13(10-14,12(15)16-4-2)11-8-6-5-7-9-11/h11H,3-9H2,1-2H3. The maximum atomic E-state index is 12.0. The highest BCUT2D eigenvalue weighted by Gasteiger charge is 2.46. The first kappa shape index (κ1) is 13.0. The number of nitrogens with zero attached hydrogens (tertiary/aromatic N) is 1. The van der Waals surface area contributed by atoms with Gasteiger partial charge in [0.05, 0.1) is 12.7 Å². The summed E-state index contributed by atoms with van der Waals surface area (Å²) in [5, 5.41) is 9.37. The van der Waals surface area contributed by atoms with Gasteiger partial charge in [-0.2, -0.15) is 5.26 Å². The van der Waals surface area contributed by atoms with Gasteiger partial charge in [-0.3, -0.25) is 4.79 Å². The van der Waals surface area contributed by atoms with Gasteiger partial charge in [0.15, 0.2) is 5.41 Å². The molecule has 1 aliphatic carbocycles. The Morgan fingerprint density at radius 2 is 2.00 bits per heavy atom. The van der Waals surface area contributed by atoms with Gasteiger partial charge in [-0.15, -0.1) is 0 Å². The Kier molecular flexibility index (Phi) is 4.79. The predicted molar refractivity (Wildman–Crippen MR) is 61.5 cm³/mol. The third kappa shape index (κ3) is 2.37. The average molecular weight is 223 g/mol. The summed E-state index contributed by atoms with van der Waals surface area (Å²) in [4.78, 5) is 12.0. The Bertz CT molecular complexity index is 276. The molecule has 1 atom stereocenters. The molecule has 0 aromatic rings. The van der Waals surface area contributed by atoms with E-state index in [0.29, 0.717) is 13.0 Å². The molecule has 1 rings (SSSR count). The van der Waals surface area contributed by atoms with Gasteiger partial charge < -0.3 is 4.74 Å². The van der Waals surface area contributed by atoms with Gasteiger partial charge in [0.25, 0.3) is 0 Å². The number of carbonyl (C=O) groups excluding carboxylic acids is 1. The molecule has 0 saturated heterocycles. The van der Waals surface area contributed by atoms with Crippen LogP contribution in [0.3, 0.4) is 0 Å². The molecular weight excluding hydrogens is 202 g/mol. The zero-order chi connectivity index (χ0) is 12.0. The van der Waals surface area contributed by atoms with Gasteiger partial charge in [-0.05, 0) is 32.1 Å². The van der Waals surface area contributed by atoms with Gasteiger partial charge in [0, 0.05) is 0 Å². The summed E-state index contributed by atoms with van der Waals surface area (Å²) in [7, 11) is 0. The summed E-state index contributed by atoms with van der Waals surface area (Å²) >= 11 is 0. The molecule has 0 aromatic carbocycles. The maximum absolute atomic E-state index is 12.0. The minimum atomic E-state index is -0.892. The van der Waals surface area contributed by atoms with Gasteiger partial charge in [0.1, 0.15) is 0 Å². The van der Waals surface area contributed by atoms with Crippen LogP contribution in [0.15, 0.2) is 0 Å². The average Bonchev–Trinajstić information content (AvgIpc) is 2.33. The maximum Gasteiger partial charge on any atom is 0.326 e. The highest BCUT2D eigenvalue weighted by molar-refractivity contribution is 5.80. The summed E-state index contributed by atoms with van der Waals surface area (Å²) in [6.45, 7) is 4.06. The number of hydrogen-bond acceptors (Lipinski definition) is 3. The Balaban J connectivity index is 2.86. The van der Waals surface area contributed by atoms with E-state index in [9.17, 15) is 10.1 Å². The van der Waals surface area contributed by atoms with Crippen molar-refractivity contribution < 1.29 is 9.53 Å². The molecule has 1 saturated carbocycles. The highest BCUT2D eigenvalue weighted by Crippen LogP contribution is 2.41. The van der Waals surface area contributed by atoms with E-state index in [1.165, 1.54) is 6.42 Å². The minimum absolute atomic E-state index is 0.190. The highest BCUT2D eigenvalue weighted by atomic mass is 16.5. The first-order valence-electron chi connectivity index (χ1n) is 6.29. The summed E-state index contributed by atoms with van der Waals surface area (Å²) in [6, 6.07) is 2.24. The van der Waals surface area contributed by atoms with Crippen LogP contribution in [-0.2, 0) is 9.53 Å². The van der Waals surface area contributed by atoms with Crippen LogP contribution in [0, 0.1) is 22.7 Å². The molecule has 16 heavy (non-hydrogen) atoms. The van der Waals surface area contributed by atoms with Crippen LogP contribution >= 0.6 is 0 Å². The van der Waals surface area contributed by atoms with E-state index in [-0.39, 0.29) is 11.9 Å². The zero-order valence-electron chi connectivity index (χ0n) is 10.3. The van der Waals surface area contributed by atoms with Crippen molar-refractivity contribution >= 4 is 5.97 Å². The van der Waals surface area contributed by atoms with Crippen LogP contribution in [-0.4, -0.2) is 12.6 Å². The Morgan fingerprint density at radius 3 is 2.44 bits per heavy atom. The zero-order valence-corrected chi connectivity index (χ0v) is 10.3. The fourth-order valence-corrected chi connectivity index (χ4v) is 2.67. The second-order valence-electron chi connectivity index (χ2n) is 4.49. The molecule has 0 radical (unpaired) electrons. The molecule has 0 heterocycles. The molecule has 90 valence electrons. The van der Waals surface area contributed by atoms with Crippen molar-refractivity contribution in [3.63, 3.8) is 0 Å². The van der Waals surface area contributed by atoms with E-state index in [2.05, 4.69) is 6.07 Å². The smallest absolute Gasteiger partial charge is 0.326 e. The second kappa shape index (κ2) is 5.89. The van der Waals surface area contributed by atoms with E-state index < -0.39 is 5.41 Å². The monoisotopic (exact) mass is 223 g/mol. The molecule has 1 fully saturated rings. The molecule has 0 N–H and O–H groups in total. The fraction of sp³-hybridized carbons (Fsp3) is 0.846. The molecule has 0 amide bonds. The van der Waals surface area contributed by atoms with Crippen molar-refractivity contribution in [3.8, 4) is 6.07 Å². The van der Waals surface area contributed by atoms with Crippen molar-refractivity contribution in [2.75, 3.05) is 6.61 Å². The van der Waals surface area contributed by atoms with Crippen LogP contribution in [0.5, 0.6) is 0 Å². The quantitative estimate of drug-likeness (QED) is 0.688. The third-order valence-corrected chi connectivity index (χ3v) is 3.70. The number of ether oxygens (including phenoxy) is 1. The summed E-state index contributed by atoms with van der Waals surface area (Å²) in [5.41, 5.74) is -0.892. The molecular formula is C13H21NO2. The second-order valence-corrected chi connectivity index (χ2v) is 4.49. The van der Waals surface area contributed by atoms with Crippen LogP contribution in [0.25, 0.3) is 0 Å². The largest absolute Gasteiger partial charge is 0.465 e. The van der Waals surface area contributed by atoms with Crippen LogP contribution < -0.4 is 0 Å². The first-order valence-corrected chi connectivity index (χ1v) is 6.29. The summed E-state index contributed by atoms with van der Waals surface area (Å²) < 4.78 is 5.08. The number of esters is 1. The summed E-state index contributed by atoms with van der Waals surface area (Å²) in [6.07, 6.45) is 6.03. The Morgan fingerprint density at radius 1 is 1.38 bits per heavy atom. The van der Waals surface area contributed by atoms with Gasteiger partial charge in [0.2, 0.25) is 0 Å². The fourth-order valence-electron chi connectivity index (χ4n) is 2.67. The topological polar surface area (TPSA) is 50.1 Å². The molecule has 0 bridgehead atoms. The molecule has 0 spiro atoms. The minimum Gasteiger partial charge on any atom is -0.465 e. The number of carbonyl (C=O) groups is 1. The Labute approximate surface area is 97.8 Å². The summed E-state index contributed by atoms with van der Waals surface area (Å²) in [5.74, 6) is -0.123. The van der Waals surface area contributed by atoms with Crippen molar-refractivity contribution in [2.45, 2.75) is 52.4 Å². The lowest BCUT2D eigenvalue weighted by Crippen LogP contribution is -2.39. The lowest BCUT2D eigenvalue weighted by Gasteiger charge is -2.34. The van der Waals surface area contributed by atoms with Crippen LogP contribution in [0.1, 0.15) is 52.4 Å². The van der Waals surface area contributed by atoms with Gasteiger partial charge >= 0.3 is 5.97 Å². The SMILES string of the molecule is CCOC(=O)C(C#N)(CC)C1CCCCC1. The third-order valence-electron chi connectivity index (χ3n) is 3.70. The van der Waals surface area contributed by atoms with E-state index >= 15 is 0 Å². The van der Waals surface area contributed by atoms with Crippen LogP contribution in [0.4, 0.5) is 0 Å². The number of hydrogen-bond donors (Lipinski definition) is 0. The lowest BCUT2D eigenvalue weighted by atomic mass is 9.68. The van der Waals surface area contributed by atoms with Crippen molar-refractivity contribution in [3.05, 3.63) is 0 Å². The lowest BCUT2D eigenvalue weighted by molar-refractivity contribution is -0.155. The van der Waals surface area contributed by atoms with Crippen LogP contribution in [0.2, 0.25) is 0 Å². The number of nitriles is 1. The molecule has 0 aromatic heterocycles. The molecule has 1 aliphatic rings. The predicted octanol–water partition coefficient (Wildman–Crippen LogP) is 3.05.